The molecule has 134 valence electrons. The number of rotatable bonds is 6. The van der Waals surface area contributed by atoms with Crippen molar-refractivity contribution in [2.45, 2.75) is 31.7 Å². The highest BCUT2D eigenvalue weighted by Gasteiger charge is 2.15. The smallest absolute Gasteiger partial charge is 0.119 e. The molecule has 0 bridgehead atoms. The van der Waals surface area contributed by atoms with E-state index < -0.39 is 0 Å². The molecule has 0 spiro atoms. The van der Waals surface area contributed by atoms with Gasteiger partial charge in [-0.1, -0.05) is 24.3 Å². The Bertz CT molecular complexity index is 647. The third kappa shape index (κ3) is 4.68. The van der Waals surface area contributed by atoms with Crippen molar-refractivity contribution in [2.75, 3.05) is 31.1 Å². The lowest BCUT2D eigenvalue weighted by Crippen LogP contribution is -2.36. The second kappa shape index (κ2) is 8.59. The molecular formula is C21H27ClN2O. The van der Waals surface area contributed by atoms with Crippen molar-refractivity contribution in [2.24, 2.45) is 0 Å². The quantitative estimate of drug-likeness (QED) is 0.843. The molecule has 0 radical (unpaired) electrons. The fraction of sp³-hybridized carbons (Fsp3) is 0.429. The van der Waals surface area contributed by atoms with Gasteiger partial charge >= 0.3 is 0 Å². The second-order valence-corrected chi connectivity index (χ2v) is 6.93. The summed E-state index contributed by atoms with van der Waals surface area (Å²) < 4.78 is 5.89. The van der Waals surface area contributed by atoms with Gasteiger partial charge in [0, 0.05) is 24.8 Å². The third-order valence-corrected chi connectivity index (χ3v) is 5.10. The second-order valence-electron chi connectivity index (χ2n) is 6.93. The fourth-order valence-electron chi connectivity index (χ4n) is 3.43. The van der Waals surface area contributed by atoms with Crippen LogP contribution in [0.2, 0.25) is 0 Å². The van der Waals surface area contributed by atoms with E-state index in [1.165, 1.54) is 49.2 Å². The molecular weight excluding hydrogens is 332 g/mol. The number of nitrogens with one attached hydrogen (secondary N) is 1. The van der Waals surface area contributed by atoms with Gasteiger partial charge in [-0.25, -0.2) is 0 Å². The summed E-state index contributed by atoms with van der Waals surface area (Å²) in [6, 6.07) is 18.1. The lowest BCUT2D eigenvalue weighted by atomic mass is 10.0. The number of hydrogen-bond donors (Lipinski definition) is 1. The summed E-state index contributed by atoms with van der Waals surface area (Å²) in [6.45, 7) is 4.31. The topological polar surface area (TPSA) is 24.5 Å². The Morgan fingerprint density at radius 1 is 0.920 bits per heavy atom. The summed E-state index contributed by atoms with van der Waals surface area (Å²) in [4.78, 5) is 2.43. The fourth-order valence-corrected chi connectivity index (χ4v) is 3.43. The number of halogens is 1. The molecule has 0 aromatic heterocycles. The van der Waals surface area contributed by atoms with Gasteiger partial charge in [-0.05, 0) is 67.6 Å². The van der Waals surface area contributed by atoms with Crippen LogP contribution in [0, 0.1) is 0 Å². The summed E-state index contributed by atoms with van der Waals surface area (Å²) >= 11 is 0. The lowest BCUT2D eigenvalue weighted by molar-refractivity contribution is 0.277. The van der Waals surface area contributed by atoms with Gasteiger partial charge in [-0.15, -0.1) is 12.4 Å². The largest absolute Gasteiger partial charge is 0.492 e. The SMILES string of the molecule is Cl.c1cc(OCC2CCCN2)ccc1Cc1ccc(N2CCC2)cc1. The Morgan fingerprint density at radius 2 is 1.60 bits per heavy atom. The highest BCUT2D eigenvalue weighted by molar-refractivity contribution is 5.85. The third-order valence-electron chi connectivity index (χ3n) is 5.10. The van der Waals surface area contributed by atoms with E-state index in [0.717, 1.165) is 25.3 Å². The Hall–Kier alpha value is -1.71. The van der Waals surface area contributed by atoms with Gasteiger partial charge in [0.25, 0.3) is 0 Å². The molecule has 2 saturated heterocycles. The van der Waals surface area contributed by atoms with Crippen molar-refractivity contribution in [3.8, 4) is 5.75 Å². The maximum Gasteiger partial charge on any atom is 0.119 e. The molecule has 4 rings (SSSR count). The molecule has 1 atom stereocenters. The number of benzene rings is 2. The molecule has 25 heavy (non-hydrogen) atoms. The minimum Gasteiger partial charge on any atom is -0.492 e. The molecule has 2 aliphatic heterocycles. The molecule has 3 nitrogen and oxygen atoms in total. The van der Waals surface area contributed by atoms with Crippen LogP contribution in [0.1, 0.15) is 30.4 Å². The molecule has 1 N–H and O–H groups in total. The highest BCUT2D eigenvalue weighted by atomic mass is 35.5. The van der Waals surface area contributed by atoms with E-state index in [0.29, 0.717) is 6.04 Å². The predicted molar refractivity (Wildman–Crippen MR) is 106 cm³/mol. The van der Waals surface area contributed by atoms with Crippen molar-refractivity contribution < 1.29 is 4.74 Å². The zero-order valence-electron chi connectivity index (χ0n) is 14.6. The Labute approximate surface area is 156 Å². The molecule has 2 heterocycles. The van der Waals surface area contributed by atoms with E-state index in [2.05, 4.69) is 58.7 Å². The summed E-state index contributed by atoms with van der Waals surface area (Å²) in [7, 11) is 0. The Kier molecular flexibility index (Phi) is 6.22. The van der Waals surface area contributed by atoms with Crippen LogP contribution in [0.4, 0.5) is 5.69 Å². The van der Waals surface area contributed by atoms with Crippen LogP contribution in [-0.4, -0.2) is 32.3 Å². The lowest BCUT2D eigenvalue weighted by Gasteiger charge is -2.33. The number of anilines is 1. The molecule has 2 aromatic carbocycles. The average molecular weight is 359 g/mol. The predicted octanol–water partition coefficient (Wildman–Crippen LogP) is 4.04. The average Bonchev–Trinajstić information content (AvgIpc) is 3.08. The van der Waals surface area contributed by atoms with E-state index in [1.54, 1.807) is 0 Å². The Morgan fingerprint density at radius 3 is 2.16 bits per heavy atom. The normalized spacial score (nSPS) is 19.2. The van der Waals surface area contributed by atoms with Crippen molar-refractivity contribution in [3.63, 3.8) is 0 Å². The summed E-state index contributed by atoms with van der Waals surface area (Å²) in [6.07, 6.45) is 4.80. The molecule has 1 unspecified atom stereocenters. The van der Waals surface area contributed by atoms with E-state index >= 15 is 0 Å². The first kappa shape index (κ1) is 18.1. The molecule has 0 aliphatic carbocycles. The van der Waals surface area contributed by atoms with E-state index in [-0.39, 0.29) is 12.4 Å². The van der Waals surface area contributed by atoms with Gasteiger partial charge < -0.3 is 15.0 Å². The van der Waals surface area contributed by atoms with Crippen LogP contribution < -0.4 is 15.0 Å². The van der Waals surface area contributed by atoms with E-state index in [9.17, 15) is 0 Å². The van der Waals surface area contributed by atoms with E-state index in [1.807, 2.05) is 0 Å². The first-order valence-electron chi connectivity index (χ1n) is 9.16. The van der Waals surface area contributed by atoms with Crippen LogP contribution in [0.3, 0.4) is 0 Å². The number of nitrogens with zero attached hydrogens (tertiary/aromatic N) is 1. The molecule has 0 saturated carbocycles. The van der Waals surface area contributed by atoms with Crippen molar-refractivity contribution >= 4 is 18.1 Å². The van der Waals surface area contributed by atoms with Gasteiger partial charge in [0.2, 0.25) is 0 Å². The van der Waals surface area contributed by atoms with Crippen LogP contribution >= 0.6 is 12.4 Å². The van der Waals surface area contributed by atoms with Gasteiger partial charge in [-0.2, -0.15) is 0 Å². The van der Waals surface area contributed by atoms with Crippen LogP contribution in [0.15, 0.2) is 48.5 Å². The number of hydrogen-bond acceptors (Lipinski definition) is 3. The minimum absolute atomic E-state index is 0. The molecule has 4 heteroatoms. The van der Waals surface area contributed by atoms with Crippen molar-refractivity contribution in [1.82, 2.24) is 5.32 Å². The standard InChI is InChI=1S/C21H26N2O.ClH/c1-3-19(22-12-1)16-24-21-10-6-18(7-11-21)15-17-4-8-20(9-5-17)23-13-2-14-23;/h4-11,19,22H,1-3,12-16H2;1H. The van der Waals surface area contributed by atoms with Crippen LogP contribution in [-0.2, 0) is 6.42 Å². The van der Waals surface area contributed by atoms with Crippen LogP contribution in [0.5, 0.6) is 5.75 Å². The monoisotopic (exact) mass is 358 g/mol. The Balaban J connectivity index is 0.00000182. The highest BCUT2D eigenvalue weighted by Crippen LogP contribution is 2.22. The van der Waals surface area contributed by atoms with Gasteiger partial charge in [0.05, 0.1) is 0 Å². The summed E-state index contributed by atoms with van der Waals surface area (Å²) in [5, 5.41) is 3.46. The van der Waals surface area contributed by atoms with E-state index in [4.69, 9.17) is 4.74 Å². The van der Waals surface area contributed by atoms with Gasteiger partial charge in [-0.3, -0.25) is 0 Å². The minimum atomic E-state index is 0. The summed E-state index contributed by atoms with van der Waals surface area (Å²) in [5.74, 6) is 0.973. The molecule has 0 amide bonds. The van der Waals surface area contributed by atoms with Crippen molar-refractivity contribution in [1.29, 1.82) is 0 Å². The first-order chi connectivity index (χ1) is 11.9. The maximum absolute atomic E-state index is 5.89. The first-order valence-corrected chi connectivity index (χ1v) is 9.16. The zero-order chi connectivity index (χ0) is 16.2. The van der Waals surface area contributed by atoms with Crippen molar-refractivity contribution in [3.05, 3.63) is 59.7 Å². The molecule has 2 fully saturated rings. The summed E-state index contributed by atoms with van der Waals surface area (Å²) in [5.41, 5.74) is 4.05. The maximum atomic E-state index is 5.89. The molecule has 2 aliphatic rings. The number of ether oxygens (including phenoxy) is 1. The van der Waals surface area contributed by atoms with Crippen LogP contribution in [0.25, 0.3) is 0 Å². The van der Waals surface area contributed by atoms with Gasteiger partial charge in [0.15, 0.2) is 0 Å². The zero-order valence-corrected chi connectivity index (χ0v) is 15.4. The van der Waals surface area contributed by atoms with Gasteiger partial charge in [0.1, 0.15) is 12.4 Å². The molecule has 2 aromatic rings.